The fourth-order valence-corrected chi connectivity index (χ4v) is 3.31. The smallest absolute Gasteiger partial charge is 0.257 e. The standard InChI is InChI=1S/C18H22ClFN4O2.ClH/c1-12-15(17(23-26-12)16-13(19)4-2-5-14(16)20)18(25)22-6-3-9-24-10-7-21-8-11-24;/h2,4-5,21H,3,6-11H2,1H3,(H,22,25);1H. The number of halogens is 3. The summed E-state index contributed by atoms with van der Waals surface area (Å²) in [5.74, 6) is -0.545. The lowest BCUT2D eigenvalue weighted by molar-refractivity contribution is 0.0950. The number of rotatable bonds is 6. The van der Waals surface area contributed by atoms with Crippen LogP contribution in [0.5, 0.6) is 0 Å². The zero-order valence-corrected chi connectivity index (χ0v) is 16.6. The third-order valence-corrected chi connectivity index (χ3v) is 4.75. The minimum Gasteiger partial charge on any atom is -0.360 e. The SMILES string of the molecule is Cc1onc(-c2c(F)cccc2Cl)c1C(=O)NCCCN1CCNCC1.Cl. The summed E-state index contributed by atoms with van der Waals surface area (Å²) in [6.07, 6.45) is 0.839. The number of amides is 1. The average Bonchev–Trinajstić information content (AvgIpc) is 3.01. The van der Waals surface area contributed by atoms with E-state index in [1.807, 2.05) is 0 Å². The van der Waals surface area contributed by atoms with Crippen LogP contribution in [0.2, 0.25) is 5.02 Å². The summed E-state index contributed by atoms with van der Waals surface area (Å²) in [5, 5.41) is 10.2. The van der Waals surface area contributed by atoms with Crippen molar-refractivity contribution in [2.24, 2.45) is 0 Å². The van der Waals surface area contributed by atoms with Crippen LogP contribution in [0.4, 0.5) is 4.39 Å². The van der Waals surface area contributed by atoms with Crippen molar-refractivity contribution in [1.29, 1.82) is 0 Å². The fourth-order valence-electron chi connectivity index (χ4n) is 3.06. The summed E-state index contributed by atoms with van der Waals surface area (Å²) in [5.41, 5.74) is 0.432. The van der Waals surface area contributed by atoms with E-state index in [0.717, 1.165) is 39.1 Å². The summed E-state index contributed by atoms with van der Waals surface area (Å²) < 4.78 is 19.3. The minimum absolute atomic E-state index is 0. The van der Waals surface area contributed by atoms with Crippen LogP contribution in [0.1, 0.15) is 22.5 Å². The maximum atomic E-state index is 14.2. The van der Waals surface area contributed by atoms with Gasteiger partial charge in [0.05, 0.1) is 10.6 Å². The Kier molecular flexibility index (Phi) is 8.04. The normalized spacial score (nSPS) is 14.6. The summed E-state index contributed by atoms with van der Waals surface area (Å²) in [7, 11) is 0. The van der Waals surface area contributed by atoms with Gasteiger partial charge < -0.3 is 20.1 Å². The molecule has 27 heavy (non-hydrogen) atoms. The lowest BCUT2D eigenvalue weighted by Crippen LogP contribution is -2.44. The van der Waals surface area contributed by atoms with Crippen LogP contribution in [-0.4, -0.2) is 55.2 Å². The van der Waals surface area contributed by atoms with Crippen LogP contribution < -0.4 is 10.6 Å². The maximum Gasteiger partial charge on any atom is 0.257 e. The highest BCUT2D eigenvalue weighted by Gasteiger charge is 2.25. The van der Waals surface area contributed by atoms with Crippen molar-refractivity contribution in [3.63, 3.8) is 0 Å². The lowest BCUT2D eigenvalue weighted by atomic mass is 10.0. The van der Waals surface area contributed by atoms with Gasteiger partial charge in [-0.25, -0.2) is 4.39 Å². The molecule has 6 nitrogen and oxygen atoms in total. The van der Waals surface area contributed by atoms with Gasteiger partial charge in [-0.2, -0.15) is 0 Å². The molecule has 0 saturated carbocycles. The van der Waals surface area contributed by atoms with Crippen LogP contribution in [0.3, 0.4) is 0 Å². The predicted octanol–water partition coefficient (Wildman–Crippen LogP) is 2.89. The van der Waals surface area contributed by atoms with Crippen LogP contribution in [0, 0.1) is 12.7 Å². The van der Waals surface area contributed by atoms with E-state index in [9.17, 15) is 9.18 Å². The van der Waals surface area contributed by atoms with Gasteiger partial charge in [0.25, 0.3) is 5.91 Å². The van der Waals surface area contributed by atoms with Crippen molar-refractivity contribution >= 4 is 29.9 Å². The summed E-state index contributed by atoms with van der Waals surface area (Å²) in [4.78, 5) is 15.0. The molecule has 2 heterocycles. The van der Waals surface area contributed by atoms with E-state index in [-0.39, 0.29) is 40.2 Å². The van der Waals surface area contributed by atoms with Crippen LogP contribution >= 0.6 is 24.0 Å². The highest BCUT2D eigenvalue weighted by atomic mass is 35.5. The first-order valence-corrected chi connectivity index (χ1v) is 9.07. The molecule has 1 amide bonds. The second kappa shape index (κ2) is 10.0. The van der Waals surface area contributed by atoms with Gasteiger partial charge >= 0.3 is 0 Å². The van der Waals surface area contributed by atoms with Crippen molar-refractivity contribution < 1.29 is 13.7 Å². The number of aryl methyl sites for hydroxylation is 1. The Morgan fingerprint density at radius 2 is 2.15 bits per heavy atom. The molecule has 0 atom stereocenters. The molecular weight excluding hydrogens is 394 g/mol. The van der Waals surface area contributed by atoms with Gasteiger partial charge in [-0.05, 0) is 32.0 Å². The number of carbonyl (C=O) groups excluding carboxylic acids is 1. The number of benzene rings is 1. The first-order valence-electron chi connectivity index (χ1n) is 8.70. The zero-order chi connectivity index (χ0) is 18.5. The van der Waals surface area contributed by atoms with Crippen molar-refractivity contribution in [1.82, 2.24) is 20.7 Å². The second-order valence-corrected chi connectivity index (χ2v) is 6.67. The number of hydrogen-bond donors (Lipinski definition) is 2. The number of nitrogens with one attached hydrogen (secondary N) is 2. The number of aromatic nitrogens is 1. The molecule has 0 unspecified atom stereocenters. The average molecular weight is 417 g/mol. The van der Waals surface area contributed by atoms with Crippen LogP contribution in [0.15, 0.2) is 22.7 Å². The molecule has 0 spiro atoms. The first kappa shape index (κ1) is 21.6. The highest BCUT2D eigenvalue weighted by molar-refractivity contribution is 6.33. The molecule has 0 aliphatic carbocycles. The van der Waals surface area contributed by atoms with Gasteiger partial charge in [0.15, 0.2) is 0 Å². The third-order valence-electron chi connectivity index (χ3n) is 4.44. The van der Waals surface area contributed by atoms with Gasteiger partial charge in [0.1, 0.15) is 22.8 Å². The second-order valence-electron chi connectivity index (χ2n) is 6.26. The number of carbonyl (C=O) groups is 1. The Morgan fingerprint density at radius 3 is 2.85 bits per heavy atom. The molecule has 148 valence electrons. The summed E-state index contributed by atoms with van der Waals surface area (Å²) in [6.45, 7) is 7.12. The van der Waals surface area contributed by atoms with E-state index in [1.54, 1.807) is 13.0 Å². The molecule has 9 heteroatoms. The van der Waals surface area contributed by atoms with Crippen LogP contribution in [-0.2, 0) is 0 Å². The molecule has 1 saturated heterocycles. The Bertz CT molecular complexity index is 758. The van der Waals surface area contributed by atoms with E-state index in [0.29, 0.717) is 12.3 Å². The monoisotopic (exact) mass is 416 g/mol. The summed E-state index contributed by atoms with van der Waals surface area (Å²) >= 11 is 6.10. The molecule has 0 radical (unpaired) electrons. The molecule has 1 aliphatic heterocycles. The van der Waals surface area contributed by atoms with Gasteiger partial charge in [-0.3, -0.25) is 4.79 Å². The Hall–Kier alpha value is -1.67. The molecule has 1 fully saturated rings. The minimum atomic E-state index is -0.543. The van der Waals surface area contributed by atoms with Gasteiger partial charge in [0.2, 0.25) is 0 Å². The fraction of sp³-hybridized carbons (Fsp3) is 0.444. The number of piperazine rings is 1. The van der Waals surface area contributed by atoms with Crippen LogP contribution in [0.25, 0.3) is 11.3 Å². The van der Waals surface area contributed by atoms with Crippen molar-refractivity contribution in [3.8, 4) is 11.3 Å². The van der Waals surface area contributed by atoms with E-state index in [1.165, 1.54) is 12.1 Å². The van der Waals surface area contributed by atoms with Crippen molar-refractivity contribution in [2.45, 2.75) is 13.3 Å². The molecule has 2 aromatic rings. The molecule has 2 N–H and O–H groups in total. The Balaban J connectivity index is 0.00000261. The van der Waals surface area contributed by atoms with Crippen molar-refractivity contribution in [3.05, 3.63) is 40.4 Å². The third kappa shape index (κ3) is 5.19. The van der Waals surface area contributed by atoms with Gasteiger partial charge in [-0.15, -0.1) is 12.4 Å². The Labute approximate surface area is 168 Å². The lowest BCUT2D eigenvalue weighted by Gasteiger charge is -2.27. The molecule has 3 rings (SSSR count). The van der Waals surface area contributed by atoms with E-state index < -0.39 is 5.82 Å². The highest BCUT2D eigenvalue weighted by Crippen LogP contribution is 2.33. The molecule has 1 aromatic carbocycles. The van der Waals surface area contributed by atoms with E-state index >= 15 is 0 Å². The largest absolute Gasteiger partial charge is 0.360 e. The molecule has 1 aliphatic rings. The summed E-state index contributed by atoms with van der Waals surface area (Å²) in [6, 6.07) is 4.34. The van der Waals surface area contributed by atoms with E-state index in [4.69, 9.17) is 16.1 Å². The molecular formula is C18H23Cl2FN4O2. The predicted molar refractivity (Wildman–Crippen MR) is 105 cm³/mol. The quantitative estimate of drug-likeness (QED) is 0.708. The maximum absolute atomic E-state index is 14.2. The number of nitrogens with zero attached hydrogens (tertiary/aromatic N) is 2. The number of hydrogen-bond acceptors (Lipinski definition) is 5. The Morgan fingerprint density at radius 1 is 1.41 bits per heavy atom. The van der Waals surface area contributed by atoms with Crippen molar-refractivity contribution in [2.75, 3.05) is 39.3 Å². The topological polar surface area (TPSA) is 70.4 Å². The molecule has 1 aromatic heterocycles. The van der Waals surface area contributed by atoms with Gasteiger partial charge in [-0.1, -0.05) is 22.8 Å². The van der Waals surface area contributed by atoms with E-state index in [2.05, 4.69) is 20.7 Å². The molecule has 0 bridgehead atoms. The zero-order valence-electron chi connectivity index (χ0n) is 15.1. The first-order chi connectivity index (χ1) is 12.6. The van der Waals surface area contributed by atoms with Gasteiger partial charge in [0, 0.05) is 32.7 Å².